The fraction of sp³-hybridized carbons (Fsp3) is 0.440. The number of benzene rings is 2. The number of hydrogen-bond acceptors (Lipinski definition) is 4. The van der Waals surface area contributed by atoms with E-state index in [0.717, 1.165) is 37.2 Å². The van der Waals surface area contributed by atoms with Crippen molar-refractivity contribution in [3.63, 3.8) is 0 Å². The van der Waals surface area contributed by atoms with Crippen LogP contribution in [0.1, 0.15) is 41.6 Å². The van der Waals surface area contributed by atoms with Gasteiger partial charge in [-0.25, -0.2) is 0 Å². The maximum absolute atomic E-state index is 13.0. The Morgan fingerprint density at radius 1 is 0.935 bits per heavy atom. The molecule has 162 valence electrons. The molecular formula is C25H29N3O3. The first-order valence-electron chi connectivity index (χ1n) is 11.4. The number of carbonyl (C=O) groups is 2. The molecule has 2 fully saturated rings. The molecular weight excluding hydrogens is 390 g/mol. The van der Waals surface area contributed by atoms with Gasteiger partial charge in [0.1, 0.15) is 5.75 Å². The molecule has 2 aromatic rings. The lowest BCUT2D eigenvalue weighted by molar-refractivity contribution is -0.122. The molecule has 0 aliphatic carbocycles. The van der Waals surface area contributed by atoms with Crippen LogP contribution in [0, 0.1) is 0 Å². The normalized spacial score (nSPS) is 21.5. The Bertz CT molecular complexity index is 937. The third-order valence-corrected chi connectivity index (χ3v) is 6.73. The van der Waals surface area contributed by atoms with Crippen LogP contribution in [-0.4, -0.2) is 59.9 Å². The number of piperidine rings is 1. The number of nitrogens with zero attached hydrogens (tertiary/aromatic N) is 2. The van der Waals surface area contributed by atoms with Crippen LogP contribution < -0.4 is 10.1 Å². The number of anilines is 1. The molecule has 3 aliphatic heterocycles. The predicted molar refractivity (Wildman–Crippen MR) is 119 cm³/mol. The molecule has 2 aromatic carbocycles. The van der Waals surface area contributed by atoms with Crippen LogP contribution in [0.4, 0.5) is 5.69 Å². The van der Waals surface area contributed by atoms with Gasteiger partial charge in [-0.3, -0.25) is 9.59 Å². The Balaban J connectivity index is 1.18. The third-order valence-electron chi connectivity index (χ3n) is 6.73. The van der Waals surface area contributed by atoms with E-state index < -0.39 is 6.10 Å². The van der Waals surface area contributed by atoms with Gasteiger partial charge in [0, 0.05) is 36.8 Å². The van der Waals surface area contributed by atoms with Crippen molar-refractivity contribution in [1.82, 2.24) is 9.80 Å². The largest absolute Gasteiger partial charge is 0.480 e. The van der Waals surface area contributed by atoms with Crippen molar-refractivity contribution in [2.45, 2.75) is 44.2 Å². The molecule has 0 aromatic heterocycles. The average Bonchev–Trinajstić information content (AvgIpc) is 3.49. The number of nitrogens with one attached hydrogen (secondary N) is 1. The quantitative estimate of drug-likeness (QED) is 0.826. The first-order chi connectivity index (χ1) is 15.2. The SMILES string of the molecule is O=C(Nc1cccc(C(=O)N2CCC(N3CCCC3)CC2)c1)C1Cc2ccccc2O1. The highest BCUT2D eigenvalue weighted by atomic mass is 16.5. The minimum absolute atomic E-state index is 0.0421. The molecule has 3 heterocycles. The molecule has 0 bridgehead atoms. The van der Waals surface area contributed by atoms with E-state index in [0.29, 0.717) is 23.7 Å². The summed E-state index contributed by atoms with van der Waals surface area (Å²) in [5.41, 5.74) is 2.29. The number of ether oxygens (including phenoxy) is 1. The Kier molecular flexibility index (Phi) is 5.64. The number of fused-ring (bicyclic) bond motifs is 1. The molecule has 0 spiro atoms. The second-order valence-electron chi connectivity index (χ2n) is 8.75. The molecule has 6 heteroatoms. The van der Waals surface area contributed by atoms with Gasteiger partial charge < -0.3 is 19.9 Å². The van der Waals surface area contributed by atoms with E-state index in [1.165, 1.54) is 25.9 Å². The Morgan fingerprint density at radius 2 is 1.71 bits per heavy atom. The van der Waals surface area contributed by atoms with Gasteiger partial charge in [0.25, 0.3) is 11.8 Å². The lowest BCUT2D eigenvalue weighted by Gasteiger charge is -2.36. The molecule has 31 heavy (non-hydrogen) atoms. The molecule has 0 saturated carbocycles. The zero-order valence-electron chi connectivity index (χ0n) is 17.8. The van der Waals surface area contributed by atoms with Crippen LogP contribution in [0.25, 0.3) is 0 Å². The van der Waals surface area contributed by atoms with Crippen LogP contribution in [-0.2, 0) is 11.2 Å². The van der Waals surface area contributed by atoms with Crippen LogP contribution in [0.15, 0.2) is 48.5 Å². The van der Waals surface area contributed by atoms with E-state index in [1.807, 2.05) is 47.4 Å². The van der Waals surface area contributed by atoms with E-state index in [2.05, 4.69) is 10.2 Å². The first-order valence-corrected chi connectivity index (χ1v) is 11.4. The maximum Gasteiger partial charge on any atom is 0.265 e. The fourth-order valence-corrected chi connectivity index (χ4v) is 5.00. The standard InChI is InChI=1S/C25H29N3O3/c29-24(23-17-18-6-1-2-9-22(18)31-23)26-20-8-5-7-19(16-20)25(30)28-14-10-21(11-15-28)27-12-3-4-13-27/h1-2,5-9,16,21,23H,3-4,10-15,17H2,(H,26,29). The summed E-state index contributed by atoms with van der Waals surface area (Å²) in [7, 11) is 0. The topological polar surface area (TPSA) is 61.9 Å². The van der Waals surface area contributed by atoms with Crippen molar-refractivity contribution in [1.29, 1.82) is 0 Å². The molecule has 5 rings (SSSR count). The van der Waals surface area contributed by atoms with Gasteiger partial charge in [-0.1, -0.05) is 24.3 Å². The molecule has 0 radical (unpaired) electrons. The second kappa shape index (κ2) is 8.71. The van der Waals surface area contributed by atoms with E-state index in [1.54, 1.807) is 6.07 Å². The van der Waals surface area contributed by atoms with Crippen molar-refractivity contribution in [3.05, 3.63) is 59.7 Å². The Labute approximate surface area is 183 Å². The lowest BCUT2D eigenvalue weighted by Crippen LogP contribution is -2.45. The summed E-state index contributed by atoms with van der Waals surface area (Å²) >= 11 is 0. The van der Waals surface area contributed by atoms with E-state index in [9.17, 15) is 9.59 Å². The number of para-hydroxylation sites is 1. The highest BCUT2D eigenvalue weighted by Gasteiger charge is 2.30. The van der Waals surface area contributed by atoms with Crippen molar-refractivity contribution in [2.75, 3.05) is 31.5 Å². The maximum atomic E-state index is 13.0. The molecule has 2 saturated heterocycles. The van der Waals surface area contributed by atoms with Crippen molar-refractivity contribution in [2.24, 2.45) is 0 Å². The van der Waals surface area contributed by atoms with Gasteiger partial charge >= 0.3 is 0 Å². The minimum Gasteiger partial charge on any atom is -0.480 e. The van der Waals surface area contributed by atoms with E-state index >= 15 is 0 Å². The fourth-order valence-electron chi connectivity index (χ4n) is 5.00. The lowest BCUT2D eigenvalue weighted by atomic mass is 10.0. The summed E-state index contributed by atoms with van der Waals surface area (Å²) in [4.78, 5) is 30.3. The molecule has 2 amide bonds. The zero-order chi connectivity index (χ0) is 21.2. The average molecular weight is 420 g/mol. The number of amides is 2. The van der Waals surface area contributed by atoms with E-state index in [-0.39, 0.29) is 11.8 Å². The molecule has 1 atom stereocenters. The summed E-state index contributed by atoms with van der Waals surface area (Å²) in [6.07, 6.45) is 4.71. The predicted octanol–water partition coefficient (Wildman–Crippen LogP) is 3.33. The smallest absolute Gasteiger partial charge is 0.265 e. The minimum atomic E-state index is -0.540. The number of hydrogen-bond donors (Lipinski definition) is 1. The number of carbonyl (C=O) groups excluding carboxylic acids is 2. The van der Waals surface area contributed by atoms with Gasteiger partial charge in [0.2, 0.25) is 0 Å². The summed E-state index contributed by atoms with van der Waals surface area (Å²) in [6.45, 7) is 4.00. The van der Waals surface area contributed by atoms with E-state index in [4.69, 9.17) is 4.74 Å². The van der Waals surface area contributed by atoms with Crippen LogP contribution in [0.5, 0.6) is 5.75 Å². The van der Waals surface area contributed by atoms with Gasteiger partial charge in [-0.05, 0) is 68.6 Å². The molecule has 3 aliphatic rings. The van der Waals surface area contributed by atoms with Crippen molar-refractivity contribution in [3.8, 4) is 5.75 Å². The highest BCUT2D eigenvalue weighted by molar-refractivity contribution is 5.98. The summed E-state index contributed by atoms with van der Waals surface area (Å²) in [5.74, 6) is 0.622. The summed E-state index contributed by atoms with van der Waals surface area (Å²) in [5, 5.41) is 2.92. The van der Waals surface area contributed by atoms with Gasteiger partial charge in [-0.2, -0.15) is 0 Å². The zero-order valence-corrected chi connectivity index (χ0v) is 17.8. The third kappa shape index (κ3) is 4.30. The molecule has 1 unspecified atom stereocenters. The monoisotopic (exact) mass is 419 g/mol. The van der Waals surface area contributed by atoms with Crippen LogP contribution >= 0.6 is 0 Å². The number of rotatable bonds is 4. The van der Waals surface area contributed by atoms with Crippen molar-refractivity contribution < 1.29 is 14.3 Å². The molecule has 6 nitrogen and oxygen atoms in total. The Morgan fingerprint density at radius 3 is 2.48 bits per heavy atom. The summed E-state index contributed by atoms with van der Waals surface area (Å²) in [6, 6.07) is 15.6. The highest BCUT2D eigenvalue weighted by Crippen LogP contribution is 2.29. The van der Waals surface area contributed by atoms with Gasteiger partial charge in [0.15, 0.2) is 6.10 Å². The molecule has 1 N–H and O–H groups in total. The van der Waals surface area contributed by atoms with Crippen LogP contribution in [0.2, 0.25) is 0 Å². The number of likely N-dealkylation sites (tertiary alicyclic amines) is 2. The van der Waals surface area contributed by atoms with Gasteiger partial charge in [-0.15, -0.1) is 0 Å². The van der Waals surface area contributed by atoms with Crippen molar-refractivity contribution >= 4 is 17.5 Å². The van der Waals surface area contributed by atoms with Gasteiger partial charge in [0.05, 0.1) is 0 Å². The first kappa shape index (κ1) is 20.1. The second-order valence-corrected chi connectivity index (χ2v) is 8.75. The summed E-state index contributed by atoms with van der Waals surface area (Å²) < 4.78 is 5.77. The Hall–Kier alpha value is -2.86. The van der Waals surface area contributed by atoms with Crippen LogP contribution in [0.3, 0.4) is 0 Å².